The van der Waals surface area contributed by atoms with Gasteiger partial charge in [0.25, 0.3) is 5.41 Å². The fourth-order valence-corrected chi connectivity index (χ4v) is 3.76. The van der Waals surface area contributed by atoms with Crippen LogP contribution in [0.15, 0.2) is 85.3 Å². The summed E-state index contributed by atoms with van der Waals surface area (Å²) in [5, 5.41) is 56.3. The number of para-hydroxylation sites is 3. The molecule has 3 aromatic rings. The Balaban J connectivity index is 1.82. The van der Waals surface area contributed by atoms with Crippen molar-refractivity contribution in [2.24, 2.45) is 30.7 Å². The van der Waals surface area contributed by atoms with E-state index in [9.17, 15) is 15.3 Å². The summed E-state index contributed by atoms with van der Waals surface area (Å²) in [4.78, 5) is 0. The van der Waals surface area contributed by atoms with E-state index in [1.807, 2.05) is 57.2 Å². The Bertz CT molecular complexity index is 1120. The molecule has 3 N–H and O–H groups in total. The first kappa shape index (κ1) is 25.7. The van der Waals surface area contributed by atoms with Crippen LogP contribution in [0, 0.1) is 20.8 Å². The SMILES string of the molecule is Cc1cccc(C/N=N/C([SiH3])(/N=N/Cc2cccc(C)c2O)/N=N/Cc2cccc(C)c2O)c1O. The molecule has 35 heavy (non-hydrogen) atoms. The van der Waals surface area contributed by atoms with Crippen LogP contribution in [-0.2, 0) is 19.6 Å². The molecule has 182 valence electrons. The highest BCUT2D eigenvalue weighted by Crippen LogP contribution is 2.26. The molecule has 0 unspecified atom stereocenters. The Morgan fingerprint density at radius 1 is 0.571 bits per heavy atom. The summed E-state index contributed by atoms with van der Waals surface area (Å²) < 4.78 is 0. The Morgan fingerprint density at radius 2 is 0.857 bits per heavy atom. The van der Waals surface area contributed by atoms with E-state index in [0.29, 0.717) is 26.9 Å². The molecule has 0 aliphatic heterocycles. The number of nitrogens with zero attached hydrogens (tertiary/aromatic N) is 6. The smallest absolute Gasteiger partial charge is 0.267 e. The van der Waals surface area contributed by atoms with E-state index in [4.69, 9.17) is 0 Å². The lowest BCUT2D eigenvalue weighted by atomic mass is 10.1. The summed E-state index contributed by atoms with van der Waals surface area (Å²) in [5.41, 5.74) is 2.86. The van der Waals surface area contributed by atoms with E-state index in [-0.39, 0.29) is 36.9 Å². The first-order valence-electron chi connectivity index (χ1n) is 11.2. The summed E-state index contributed by atoms with van der Waals surface area (Å²) >= 11 is 0. The molecule has 0 bridgehead atoms. The number of hydrogen-bond donors (Lipinski definition) is 3. The Morgan fingerprint density at radius 3 is 1.14 bits per heavy atom. The van der Waals surface area contributed by atoms with Gasteiger partial charge in [0.05, 0.1) is 19.6 Å². The monoisotopic (exact) mass is 490 g/mol. The molecule has 0 fully saturated rings. The quantitative estimate of drug-likeness (QED) is 0.289. The third-order valence-corrected chi connectivity index (χ3v) is 6.07. The van der Waals surface area contributed by atoms with Crippen LogP contribution in [-0.4, -0.2) is 31.0 Å². The maximum atomic E-state index is 10.2. The highest BCUT2D eigenvalue weighted by Gasteiger charge is 2.22. The van der Waals surface area contributed by atoms with Crippen LogP contribution in [0.4, 0.5) is 0 Å². The largest absolute Gasteiger partial charge is 0.507 e. The van der Waals surface area contributed by atoms with Gasteiger partial charge in [-0.05, 0) is 37.5 Å². The number of aromatic hydroxyl groups is 3. The van der Waals surface area contributed by atoms with Gasteiger partial charge >= 0.3 is 0 Å². The topological polar surface area (TPSA) is 135 Å². The van der Waals surface area contributed by atoms with Crippen molar-refractivity contribution in [2.45, 2.75) is 45.8 Å². The zero-order chi connectivity index (χ0) is 25.4. The fourth-order valence-electron chi connectivity index (χ4n) is 3.34. The Labute approximate surface area is 207 Å². The van der Waals surface area contributed by atoms with Crippen molar-refractivity contribution in [3.05, 3.63) is 88.0 Å². The summed E-state index contributed by atoms with van der Waals surface area (Å²) in [5.74, 6) is 0.537. The van der Waals surface area contributed by atoms with Gasteiger partial charge in [-0.2, -0.15) is 15.3 Å². The normalized spacial score (nSPS) is 12.4. The van der Waals surface area contributed by atoms with E-state index in [1.165, 1.54) is 0 Å². The fraction of sp³-hybridized carbons (Fsp3) is 0.280. The van der Waals surface area contributed by atoms with E-state index in [0.717, 1.165) is 16.7 Å². The molecular weight excluding hydrogens is 460 g/mol. The van der Waals surface area contributed by atoms with Crippen molar-refractivity contribution in [1.29, 1.82) is 0 Å². The van der Waals surface area contributed by atoms with Crippen LogP contribution in [0.3, 0.4) is 0 Å². The maximum Gasteiger partial charge on any atom is 0.267 e. The number of benzene rings is 3. The number of rotatable bonds is 9. The predicted octanol–water partition coefficient (Wildman–Crippen LogP) is 4.96. The van der Waals surface area contributed by atoms with Crippen molar-refractivity contribution >= 4 is 10.2 Å². The van der Waals surface area contributed by atoms with E-state index >= 15 is 0 Å². The second-order valence-electron chi connectivity index (χ2n) is 8.42. The minimum atomic E-state index is -1.32. The lowest BCUT2D eigenvalue weighted by Gasteiger charge is -2.12. The molecule has 0 saturated heterocycles. The lowest BCUT2D eigenvalue weighted by molar-refractivity contribution is 0.459. The van der Waals surface area contributed by atoms with Crippen LogP contribution in [0.2, 0.25) is 0 Å². The molecule has 0 saturated carbocycles. The number of hydrogen-bond acceptors (Lipinski definition) is 9. The van der Waals surface area contributed by atoms with Crippen molar-refractivity contribution in [3.8, 4) is 17.2 Å². The van der Waals surface area contributed by atoms with Crippen LogP contribution >= 0.6 is 0 Å². The Kier molecular flexibility index (Phi) is 8.42. The summed E-state index contributed by atoms with van der Waals surface area (Å²) in [6.45, 7) is 5.91. The molecule has 0 amide bonds. The third-order valence-electron chi connectivity index (χ3n) is 5.47. The van der Waals surface area contributed by atoms with Gasteiger partial charge in [-0.1, -0.05) is 54.6 Å². The molecule has 9 nitrogen and oxygen atoms in total. The van der Waals surface area contributed by atoms with Gasteiger partial charge in [-0.15, -0.1) is 15.3 Å². The molecule has 0 aliphatic carbocycles. The van der Waals surface area contributed by atoms with Gasteiger partial charge in [0.2, 0.25) is 0 Å². The average molecular weight is 491 g/mol. The van der Waals surface area contributed by atoms with E-state index in [2.05, 4.69) is 30.7 Å². The van der Waals surface area contributed by atoms with Gasteiger partial charge in [-0.3, -0.25) is 0 Å². The van der Waals surface area contributed by atoms with Gasteiger partial charge < -0.3 is 15.3 Å². The van der Waals surface area contributed by atoms with Crippen LogP contribution in [0.5, 0.6) is 17.2 Å². The highest BCUT2D eigenvalue weighted by atomic mass is 28.1. The molecule has 0 aromatic heterocycles. The molecule has 0 spiro atoms. The minimum Gasteiger partial charge on any atom is -0.507 e. The second kappa shape index (κ2) is 11.5. The highest BCUT2D eigenvalue weighted by molar-refractivity contribution is 6.14. The van der Waals surface area contributed by atoms with E-state index < -0.39 is 5.41 Å². The molecule has 0 aliphatic rings. The molecule has 0 radical (unpaired) electrons. The van der Waals surface area contributed by atoms with Gasteiger partial charge in [0.1, 0.15) is 27.5 Å². The van der Waals surface area contributed by atoms with Gasteiger partial charge in [0.15, 0.2) is 0 Å². The molecule has 0 heterocycles. The lowest BCUT2D eigenvalue weighted by Crippen LogP contribution is -2.19. The number of aryl methyl sites for hydroxylation is 3. The third kappa shape index (κ3) is 6.79. The van der Waals surface area contributed by atoms with Gasteiger partial charge in [0, 0.05) is 16.7 Å². The number of azo groups is 3. The second-order valence-corrected chi connectivity index (χ2v) is 9.76. The molecule has 0 atom stereocenters. The summed E-state index contributed by atoms with van der Waals surface area (Å²) in [6, 6.07) is 16.3. The predicted molar refractivity (Wildman–Crippen MR) is 137 cm³/mol. The number of phenolic OH excluding ortho intramolecular Hbond substituents is 3. The van der Waals surface area contributed by atoms with Crippen molar-refractivity contribution in [1.82, 2.24) is 0 Å². The first-order valence-corrected chi connectivity index (χ1v) is 12.2. The van der Waals surface area contributed by atoms with Crippen molar-refractivity contribution in [3.63, 3.8) is 0 Å². The van der Waals surface area contributed by atoms with Crippen LogP contribution in [0.1, 0.15) is 33.4 Å². The Hall–Kier alpha value is -3.92. The summed E-state index contributed by atoms with van der Waals surface area (Å²) in [6.07, 6.45) is 0. The maximum absolute atomic E-state index is 10.2. The molecular formula is C25H30N6O3Si. The molecule has 3 rings (SSSR count). The first-order chi connectivity index (χ1) is 16.7. The van der Waals surface area contributed by atoms with E-state index in [1.54, 1.807) is 18.2 Å². The van der Waals surface area contributed by atoms with Gasteiger partial charge in [-0.25, -0.2) is 0 Å². The number of phenols is 3. The zero-order valence-corrected chi connectivity index (χ0v) is 22.3. The van der Waals surface area contributed by atoms with Crippen LogP contribution < -0.4 is 0 Å². The van der Waals surface area contributed by atoms with Crippen LogP contribution in [0.25, 0.3) is 0 Å². The minimum absolute atomic E-state index is 0.153. The molecule has 10 heteroatoms. The standard InChI is InChI=1S/C25H30N6O3Si/c1-16-7-4-10-19(22(16)32)13-26-29-25(35,30-27-14-20-11-5-8-17(2)23(20)33)31-28-15-21-12-6-9-18(3)24(21)34/h4-12,32-34H,13-15H2,1-3,35H3/b29-26+,30-27+,31-28+. The van der Waals surface area contributed by atoms with Crippen molar-refractivity contribution in [2.75, 3.05) is 0 Å². The molecule has 3 aromatic carbocycles. The zero-order valence-electron chi connectivity index (χ0n) is 20.3. The summed E-state index contributed by atoms with van der Waals surface area (Å²) in [7, 11) is 0.319. The van der Waals surface area contributed by atoms with Crippen molar-refractivity contribution < 1.29 is 15.3 Å². The average Bonchev–Trinajstić information content (AvgIpc) is 2.82.